The third kappa shape index (κ3) is 2.32. The number of nitrogens with zero attached hydrogens (tertiary/aromatic N) is 2. The second-order valence-electron chi connectivity index (χ2n) is 3.57. The molecule has 0 fully saturated rings. The van der Waals surface area contributed by atoms with E-state index in [0.717, 1.165) is 0 Å². The number of aryl methyl sites for hydroxylation is 1. The molecule has 0 saturated carbocycles. The summed E-state index contributed by atoms with van der Waals surface area (Å²) in [5.74, 6) is 0.538. The van der Waals surface area contributed by atoms with Gasteiger partial charge in [-0.05, 0) is 23.7 Å². The first-order valence-corrected chi connectivity index (χ1v) is 5.52. The fraction of sp³-hybridized carbons (Fsp3) is 0.250. The molecule has 0 atom stereocenters. The zero-order valence-electron chi connectivity index (χ0n) is 10.1. The number of ether oxygens (including phenoxy) is 1. The molecule has 0 bridgehead atoms. The molecular formula is C12H13N3O3. The molecule has 1 N–H and O–H groups in total. The Balaban J connectivity index is 2.22. The summed E-state index contributed by atoms with van der Waals surface area (Å²) in [7, 11) is 1.52. The van der Waals surface area contributed by atoms with Gasteiger partial charge in [-0.15, -0.1) is 0 Å². The van der Waals surface area contributed by atoms with Crippen molar-refractivity contribution in [2.24, 2.45) is 0 Å². The van der Waals surface area contributed by atoms with E-state index in [1.807, 2.05) is 6.92 Å². The van der Waals surface area contributed by atoms with Crippen molar-refractivity contribution in [1.29, 1.82) is 0 Å². The van der Waals surface area contributed by atoms with Crippen LogP contribution in [0.5, 0.6) is 5.75 Å². The number of rotatable bonds is 4. The van der Waals surface area contributed by atoms with Crippen molar-refractivity contribution in [2.45, 2.75) is 13.3 Å². The number of methoxy groups -OCH3 is 1. The van der Waals surface area contributed by atoms with E-state index in [1.54, 1.807) is 24.3 Å². The lowest BCUT2D eigenvalue weighted by Crippen LogP contribution is -2.14. The largest absolute Gasteiger partial charge is 0.496 e. The Kier molecular flexibility index (Phi) is 3.57. The molecule has 2 aromatic rings. The van der Waals surface area contributed by atoms with Crippen LogP contribution < -0.4 is 10.1 Å². The smallest absolute Gasteiger partial charge is 0.260 e. The topological polar surface area (TPSA) is 77.3 Å². The minimum atomic E-state index is -0.308. The van der Waals surface area contributed by atoms with E-state index in [9.17, 15) is 4.79 Å². The van der Waals surface area contributed by atoms with Crippen molar-refractivity contribution in [3.8, 4) is 5.75 Å². The number of carbonyl (C=O) groups is 1. The standard InChI is InChI=1S/C12H13N3O3/c1-3-9-11(15-18-14-9)13-12(16)8-6-4-5-7-10(8)17-2/h4-7H,3H2,1-2H3,(H,13,15,16). The van der Waals surface area contributed by atoms with E-state index < -0.39 is 0 Å². The molecule has 0 saturated heterocycles. The van der Waals surface area contributed by atoms with E-state index >= 15 is 0 Å². The molecule has 18 heavy (non-hydrogen) atoms. The molecule has 1 amide bonds. The quantitative estimate of drug-likeness (QED) is 0.892. The van der Waals surface area contributed by atoms with Crippen LogP contribution in [0.1, 0.15) is 23.0 Å². The number of benzene rings is 1. The predicted octanol–water partition coefficient (Wildman–Crippen LogP) is 1.89. The highest BCUT2D eigenvalue weighted by molar-refractivity contribution is 6.05. The fourth-order valence-electron chi connectivity index (χ4n) is 1.54. The van der Waals surface area contributed by atoms with Crippen molar-refractivity contribution in [1.82, 2.24) is 10.3 Å². The van der Waals surface area contributed by atoms with Crippen molar-refractivity contribution in [3.63, 3.8) is 0 Å². The van der Waals surface area contributed by atoms with Crippen LogP contribution in [0.2, 0.25) is 0 Å². The maximum Gasteiger partial charge on any atom is 0.260 e. The lowest BCUT2D eigenvalue weighted by atomic mass is 10.2. The minimum Gasteiger partial charge on any atom is -0.496 e. The van der Waals surface area contributed by atoms with Crippen LogP contribution in [0.15, 0.2) is 28.9 Å². The van der Waals surface area contributed by atoms with Crippen LogP contribution in [0, 0.1) is 0 Å². The predicted molar refractivity (Wildman–Crippen MR) is 64.6 cm³/mol. The third-order valence-corrected chi connectivity index (χ3v) is 2.47. The summed E-state index contributed by atoms with van der Waals surface area (Å²) in [6.45, 7) is 1.90. The molecule has 6 heteroatoms. The number of hydrogen-bond donors (Lipinski definition) is 1. The van der Waals surface area contributed by atoms with Gasteiger partial charge < -0.3 is 10.1 Å². The number of nitrogens with one attached hydrogen (secondary N) is 1. The molecular weight excluding hydrogens is 234 g/mol. The molecule has 1 aromatic heterocycles. The maximum absolute atomic E-state index is 12.1. The van der Waals surface area contributed by atoms with Gasteiger partial charge in [0.15, 0.2) is 0 Å². The van der Waals surface area contributed by atoms with Crippen LogP contribution >= 0.6 is 0 Å². The third-order valence-electron chi connectivity index (χ3n) is 2.47. The zero-order valence-corrected chi connectivity index (χ0v) is 10.1. The summed E-state index contributed by atoms with van der Waals surface area (Å²) in [4.78, 5) is 12.1. The summed E-state index contributed by atoms with van der Waals surface area (Å²) >= 11 is 0. The van der Waals surface area contributed by atoms with Gasteiger partial charge in [0.2, 0.25) is 5.82 Å². The number of aromatic nitrogens is 2. The number of carbonyl (C=O) groups excluding carboxylic acids is 1. The van der Waals surface area contributed by atoms with Crippen LogP contribution in [-0.4, -0.2) is 23.3 Å². The van der Waals surface area contributed by atoms with E-state index in [-0.39, 0.29) is 5.91 Å². The van der Waals surface area contributed by atoms with Crippen molar-refractivity contribution < 1.29 is 14.2 Å². The Bertz CT molecular complexity index is 551. The van der Waals surface area contributed by atoms with Gasteiger partial charge >= 0.3 is 0 Å². The van der Waals surface area contributed by atoms with Gasteiger partial charge in [-0.3, -0.25) is 4.79 Å². The van der Waals surface area contributed by atoms with Gasteiger partial charge in [0.05, 0.1) is 12.7 Å². The van der Waals surface area contributed by atoms with E-state index in [4.69, 9.17) is 4.74 Å². The fourth-order valence-corrected chi connectivity index (χ4v) is 1.54. The van der Waals surface area contributed by atoms with E-state index in [0.29, 0.717) is 29.2 Å². The normalized spacial score (nSPS) is 10.1. The molecule has 0 spiro atoms. The Morgan fingerprint density at radius 3 is 2.89 bits per heavy atom. The molecule has 1 heterocycles. The summed E-state index contributed by atoms with van der Waals surface area (Å²) in [5.41, 5.74) is 1.04. The summed E-state index contributed by atoms with van der Waals surface area (Å²) in [6, 6.07) is 6.95. The average Bonchev–Trinajstić information content (AvgIpc) is 2.85. The molecule has 0 radical (unpaired) electrons. The number of amides is 1. The van der Waals surface area contributed by atoms with Gasteiger partial charge in [-0.2, -0.15) is 0 Å². The zero-order chi connectivity index (χ0) is 13.0. The number of para-hydroxylation sites is 1. The van der Waals surface area contributed by atoms with Crippen LogP contribution in [0.4, 0.5) is 5.82 Å². The van der Waals surface area contributed by atoms with E-state index in [1.165, 1.54) is 7.11 Å². The molecule has 0 aliphatic heterocycles. The molecule has 6 nitrogen and oxygen atoms in total. The Labute approximate surface area is 104 Å². The summed E-state index contributed by atoms with van der Waals surface area (Å²) in [6.07, 6.45) is 0.630. The first kappa shape index (κ1) is 12.1. The van der Waals surface area contributed by atoms with Crippen molar-refractivity contribution in [3.05, 3.63) is 35.5 Å². The van der Waals surface area contributed by atoms with Crippen molar-refractivity contribution in [2.75, 3.05) is 12.4 Å². The molecule has 2 rings (SSSR count). The summed E-state index contributed by atoms with van der Waals surface area (Å²) in [5, 5.41) is 9.99. The lowest BCUT2D eigenvalue weighted by molar-refractivity contribution is 0.102. The molecule has 0 unspecified atom stereocenters. The SMILES string of the molecule is CCc1nonc1NC(=O)c1ccccc1OC. The van der Waals surface area contributed by atoms with Gasteiger partial charge in [-0.25, -0.2) is 4.63 Å². The Morgan fingerprint density at radius 1 is 1.39 bits per heavy atom. The van der Waals surface area contributed by atoms with E-state index in [2.05, 4.69) is 20.3 Å². The number of anilines is 1. The van der Waals surface area contributed by atoms with Crippen LogP contribution in [-0.2, 0) is 6.42 Å². The monoisotopic (exact) mass is 247 g/mol. The Hall–Kier alpha value is -2.37. The van der Waals surface area contributed by atoms with Gasteiger partial charge in [-0.1, -0.05) is 24.2 Å². The first-order valence-electron chi connectivity index (χ1n) is 5.52. The van der Waals surface area contributed by atoms with Gasteiger partial charge in [0.25, 0.3) is 5.91 Å². The molecule has 94 valence electrons. The second kappa shape index (κ2) is 5.31. The van der Waals surface area contributed by atoms with Gasteiger partial charge in [0, 0.05) is 0 Å². The number of hydrogen-bond acceptors (Lipinski definition) is 5. The minimum absolute atomic E-state index is 0.308. The maximum atomic E-state index is 12.1. The molecule has 1 aromatic carbocycles. The van der Waals surface area contributed by atoms with Crippen LogP contribution in [0.3, 0.4) is 0 Å². The summed E-state index contributed by atoms with van der Waals surface area (Å²) < 4.78 is 9.71. The van der Waals surface area contributed by atoms with Crippen molar-refractivity contribution >= 4 is 11.7 Å². The molecule has 0 aliphatic carbocycles. The highest BCUT2D eigenvalue weighted by atomic mass is 16.6. The highest BCUT2D eigenvalue weighted by Gasteiger charge is 2.15. The van der Waals surface area contributed by atoms with Gasteiger partial charge in [0.1, 0.15) is 11.4 Å². The molecule has 0 aliphatic rings. The first-order chi connectivity index (χ1) is 8.76. The van der Waals surface area contributed by atoms with Crippen LogP contribution in [0.25, 0.3) is 0 Å². The lowest BCUT2D eigenvalue weighted by Gasteiger charge is -2.07. The highest BCUT2D eigenvalue weighted by Crippen LogP contribution is 2.19. The second-order valence-corrected chi connectivity index (χ2v) is 3.57. The average molecular weight is 247 g/mol. The Morgan fingerprint density at radius 2 is 2.17 bits per heavy atom.